The van der Waals surface area contributed by atoms with Crippen LogP contribution >= 0.6 is 0 Å². The Morgan fingerprint density at radius 3 is 2.73 bits per heavy atom. The van der Waals surface area contributed by atoms with Crippen molar-refractivity contribution in [3.63, 3.8) is 0 Å². The molecule has 2 heterocycles. The minimum atomic E-state index is 0.696. The van der Waals surface area contributed by atoms with Crippen LogP contribution in [0.5, 0.6) is 0 Å². The van der Waals surface area contributed by atoms with Crippen LogP contribution in [0.4, 0.5) is 17.3 Å². The number of aromatic nitrogens is 2. The number of piperidine rings is 1. The average molecular weight is 301 g/mol. The van der Waals surface area contributed by atoms with Gasteiger partial charge in [-0.15, -0.1) is 0 Å². The summed E-state index contributed by atoms with van der Waals surface area (Å²) < 4.78 is 0. The summed E-state index contributed by atoms with van der Waals surface area (Å²) in [7, 11) is 0. The van der Waals surface area contributed by atoms with Crippen molar-refractivity contribution in [3.05, 3.63) is 18.0 Å². The molecule has 1 aliphatic carbocycles. The van der Waals surface area contributed by atoms with Gasteiger partial charge in [-0.3, -0.25) is 0 Å². The second-order valence-corrected chi connectivity index (χ2v) is 6.29. The van der Waals surface area contributed by atoms with Gasteiger partial charge in [-0.1, -0.05) is 11.6 Å². The largest absolute Gasteiger partial charge is 0.393 e. The van der Waals surface area contributed by atoms with Crippen molar-refractivity contribution in [1.29, 1.82) is 0 Å². The molecule has 0 amide bonds. The molecule has 0 aromatic carbocycles. The molecule has 1 aromatic rings. The highest BCUT2D eigenvalue weighted by Crippen LogP contribution is 2.28. The van der Waals surface area contributed by atoms with Crippen LogP contribution in [0.3, 0.4) is 0 Å². The van der Waals surface area contributed by atoms with Crippen molar-refractivity contribution in [2.24, 2.45) is 0 Å². The molecule has 5 nitrogen and oxygen atoms in total. The van der Waals surface area contributed by atoms with Gasteiger partial charge in [0.1, 0.15) is 12.0 Å². The fraction of sp³-hybridized carbons (Fsp3) is 0.647. The van der Waals surface area contributed by atoms with Crippen LogP contribution in [0, 0.1) is 0 Å². The lowest BCUT2D eigenvalue weighted by Gasteiger charge is -2.29. The SMILES string of the molecule is Nc1c(NCCC2=CCCCC2)ncnc1N1CCCCC1. The number of allylic oxidation sites excluding steroid dienone is 1. The molecule has 22 heavy (non-hydrogen) atoms. The summed E-state index contributed by atoms with van der Waals surface area (Å²) in [6, 6.07) is 0. The van der Waals surface area contributed by atoms with Gasteiger partial charge in [0.15, 0.2) is 11.6 Å². The summed E-state index contributed by atoms with van der Waals surface area (Å²) in [5.41, 5.74) is 8.56. The Labute approximate surface area is 133 Å². The Kier molecular flexibility index (Phi) is 5.14. The number of hydrogen-bond donors (Lipinski definition) is 2. The lowest BCUT2D eigenvalue weighted by atomic mass is 9.97. The van der Waals surface area contributed by atoms with E-state index in [1.54, 1.807) is 11.9 Å². The van der Waals surface area contributed by atoms with Gasteiger partial charge in [-0.2, -0.15) is 0 Å². The van der Waals surface area contributed by atoms with Crippen LogP contribution in [0.1, 0.15) is 51.4 Å². The highest BCUT2D eigenvalue weighted by molar-refractivity contribution is 5.74. The van der Waals surface area contributed by atoms with E-state index in [0.29, 0.717) is 5.69 Å². The predicted octanol–water partition coefficient (Wildman–Crippen LogP) is 3.35. The van der Waals surface area contributed by atoms with Crippen molar-refractivity contribution in [3.8, 4) is 0 Å². The zero-order valence-electron chi connectivity index (χ0n) is 13.4. The molecule has 0 unspecified atom stereocenters. The van der Waals surface area contributed by atoms with E-state index < -0.39 is 0 Å². The van der Waals surface area contributed by atoms with E-state index in [0.717, 1.165) is 37.7 Å². The zero-order chi connectivity index (χ0) is 15.2. The van der Waals surface area contributed by atoms with Gasteiger partial charge in [0.05, 0.1) is 0 Å². The molecule has 0 spiro atoms. The third-order valence-corrected chi connectivity index (χ3v) is 4.64. The molecular formula is C17H27N5. The van der Waals surface area contributed by atoms with Crippen LogP contribution in [-0.4, -0.2) is 29.6 Å². The van der Waals surface area contributed by atoms with E-state index >= 15 is 0 Å². The van der Waals surface area contributed by atoms with Crippen LogP contribution in [0.2, 0.25) is 0 Å². The van der Waals surface area contributed by atoms with Crippen LogP contribution in [0.25, 0.3) is 0 Å². The summed E-state index contributed by atoms with van der Waals surface area (Å²) in [6.07, 6.45) is 14.0. The van der Waals surface area contributed by atoms with E-state index in [1.165, 1.54) is 44.9 Å². The highest BCUT2D eigenvalue weighted by Gasteiger charge is 2.17. The first-order chi connectivity index (χ1) is 10.8. The minimum Gasteiger partial charge on any atom is -0.393 e. The van der Waals surface area contributed by atoms with Gasteiger partial charge in [0.25, 0.3) is 0 Å². The maximum absolute atomic E-state index is 6.29. The number of nitrogens with two attached hydrogens (primary N) is 1. The summed E-state index contributed by atoms with van der Waals surface area (Å²) >= 11 is 0. The minimum absolute atomic E-state index is 0.696. The average Bonchev–Trinajstić information content (AvgIpc) is 2.58. The molecule has 1 saturated heterocycles. The first-order valence-corrected chi connectivity index (χ1v) is 8.62. The van der Waals surface area contributed by atoms with Crippen molar-refractivity contribution in [1.82, 2.24) is 9.97 Å². The second kappa shape index (κ2) is 7.47. The molecular weight excluding hydrogens is 274 g/mol. The highest BCUT2D eigenvalue weighted by atomic mass is 15.2. The molecule has 0 radical (unpaired) electrons. The predicted molar refractivity (Wildman–Crippen MR) is 92.2 cm³/mol. The molecule has 3 rings (SSSR count). The summed E-state index contributed by atoms with van der Waals surface area (Å²) in [5, 5.41) is 3.40. The molecule has 0 bridgehead atoms. The number of hydrogen-bond acceptors (Lipinski definition) is 5. The number of rotatable bonds is 5. The number of nitrogens with one attached hydrogen (secondary N) is 1. The fourth-order valence-corrected chi connectivity index (χ4v) is 3.36. The van der Waals surface area contributed by atoms with E-state index in [1.807, 2.05) is 0 Å². The van der Waals surface area contributed by atoms with Gasteiger partial charge in [0.2, 0.25) is 0 Å². The maximum atomic E-state index is 6.29. The van der Waals surface area contributed by atoms with Crippen LogP contribution < -0.4 is 16.0 Å². The molecule has 1 fully saturated rings. The van der Waals surface area contributed by atoms with Gasteiger partial charge in [-0.05, 0) is 51.4 Å². The third-order valence-electron chi connectivity index (χ3n) is 4.64. The van der Waals surface area contributed by atoms with E-state index in [2.05, 4.69) is 26.3 Å². The normalized spacial score (nSPS) is 18.9. The maximum Gasteiger partial charge on any atom is 0.157 e. The van der Waals surface area contributed by atoms with Crippen molar-refractivity contribution >= 4 is 17.3 Å². The van der Waals surface area contributed by atoms with Crippen molar-refractivity contribution < 1.29 is 0 Å². The second-order valence-electron chi connectivity index (χ2n) is 6.29. The Bertz CT molecular complexity index is 520. The van der Waals surface area contributed by atoms with Crippen molar-refractivity contribution in [2.75, 3.05) is 35.6 Å². The number of nitrogens with zero attached hydrogens (tertiary/aromatic N) is 3. The Morgan fingerprint density at radius 2 is 1.95 bits per heavy atom. The number of anilines is 3. The lowest BCUT2D eigenvalue weighted by molar-refractivity contribution is 0.573. The smallest absolute Gasteiger partial charge is 0.157 e. The van der Waals surface area contributed by atoms with Gasteiger partial charge < -0.3 is 16.0 Å². The molecule has 1 aromatic heterocycles. The van der Waals surface area contributed by atoms with Crippen LogP contribution in [0.15, 0.2) is 18.0 Å². The van der Waals surface area contributed by atoms with Gasteiger partial charge >= 0.3 is 0 Å². The summed E-state index contributed by atoms with van der Waals surface area (Å²) in [6.45, 7) is 2.99. The Balaban J connectivity index is 1.60. The molecule has 1 aliphatic heterocycles. The summed E-state index contributed by atoms with van der Waals surface area (Å²) in [5.74, 6) is 1.68. The van der Waals surface area contributed by atoms with E-state index in [-0.39, 0.29) is 0 Å². The topological polar surface area (TPSA) is 67.1 Å². The first kappa shape index (κ1) is 15.1. The molecule has 0 atom stereocenters. The summed E-state index contributed by atoms with van der Waals surface area (Å²) in [4.78, 5) is 11.0. The molecule has 2 aliphatic rings. The molecule has 0 saturated carbocycles. The standard InChI is InChI=1S/C17H27N5/c18-15-16(19-10-9-14-7-3-1-4-8-14)20-13-21-17(15)22-11-5-2-6-12-22/h7,13H,1-6,8-12,18H2,(H,19,20,21). The molecule has 3 N–H and O–H groups in total. The lowest BCUT2D eigenvalue weighted by Crippen LogP contribution is -2.31. The van der Waals surface area contributed by atoms with Crippen LogP contribution in [-0.2, 0) is 0 Å². The fourth-order valence-electron chi connectivity index (χ4n) is 3.36. The monoisotopic (exact) mass is 301 g/mol. The third kappa shape index (κ3) is 3.70. The Hall–Kier alpha value is -1.78. The molecule has 120 valence electrons. The first-order valence-electron chi connectivity index (χ1n) is 8.62. The van der Waals surface area contributed by atoms with Gasteiger partial charge in [-0.25, -0.2) is 9.97 Å². The van der Waals surface area contributed by atoms with E-state index in [4.69, 9.17) is 5.73 Å². The van der Waals surface area contributed by atoms with Crippen molar-refractivity contribution in [2.45, 2.75) is 51.4 Å². The molecule has 5 heteroatoms. The van der Waals surface area contributed by atoms with Gasteiger partial charge in [0, 0.05) is 19.6 Å². The quantitative estimate of drug-likeness (QED) is 0.816. The zero-order valence-corrected chi connectivity index (χ0v) is 13.4. The number of nitrogen functional groups attached to an aromatic ring is 1. The Morgan fingerprint density at radius 1 is 1.09 bits per heavy atom. The van der Waals surface area contributed by atoms with E-state index in [9.17, 15) is 0 Å².